The average Bonchev–Trinajstić information content (AvgIpc) is 2.72. The molecule has 0 aromatic carbocycles. The van der Waals surface area contributed by atoms with Crippen LogP contribution in [-0.2, 0) is 4.74 Å². The van der Waals surface area contributed by atoms with E-state index < -0.39 is 0 Å². The fourth-order valence-corrected chi connectivity index (χ4v) is 2.23. The van der Waals surface area contributed by atoms with E-state index in [1.807, 2.05) is 13.8 Å². The fraction of sp³-hybridized carbons (Fsp3) is 0.923. The molecule has 1 rings (SSSR count). The van der Waals surface area contributed by atoms with Gasteiger partial charge in [-0.3, -0.25) is 0 Å². The van der Waals surface area contributed by atoms with Gasteiger partial charge < -0.3 is 10.1 Å². The Hall–Kier alpha value is -0.590. The van der Waals surface area contributed by atoms with Gasteiger partial charge in [0.2, 0.25) is 0 Å². The molecule has 0 heterocycles. The molecule has 0 bridgehead atoms. The summed E-state index contributed by atoms with van der Waals surface area (Å²) in [5.74, 6) is 0. The molecule has 16 heavy (non-hydrogen) atoms. The van der Waals surface area contributed by atoms with Gasteiger partial charge in [0.05, 0.1) is 17.6 Å². The summed E-state index contributed by atoms with van der Waals surface area (Å²) in [5, 5.41) is 12.4. The standard InChI is InChI=1S/C13H24N2O/c1-13(2,10-14)7-4-8-15-11-5-6-12(9-11)16-3/h11-12,15H,4-9H2,1-3H3. The minimum Gasteiger partial charge on any atom is -0.381 e. The first kappa shape index (κ1) is 13.5. The van der Waals surface area contributed by atoms with Crippen LogP contribution in [0.2, 0.25) is 0 Å². The second-order valence-corrected chi connectivity index (χ2v) is 5.42. The number of nitrogens with zero attached hydrogens (tertiary/aromatic N) is 1. The lowest BCUT2D eigenvalue weighted by Gasteiger charge is -2.17. The van der Waals surface area contributed by atoms with Crippen molar-refractivity contribution in [1.29, 1.82) is 5.26 Å². The Bertz CT molecular complexity index is 245. The van der Waals surface area contributed by atoms with Crippen LogP contribution in [0.1, 0.15) is 46.0 Å². The van der Waals surface area contributed by atoms with Crippen LogP contribution in [0, 0.1) is 16.7 Å². The highest BCUT2D eigenvalue weighted by atomic mass is 16.5. The van der Waals surface area contributed by atoms with Crippen LogP contribution in [0.15, 0.2) is 0 Å². The molecule has 1 saturated carbocycles. The highest BCUT2D eigenvalue weighted by Crippen LogP contribution is 2.22. The Kier molecular flexibility index (Phi) is 5.24. The number of hydrogen-bond acceptors (Lipinski definition) is 3. The largest absolute Gasteiger partial charge is 0.381 e. The van der Waals surface area contributed by atoms with Crippen molar-refractivity contribution in [3.63, 3.8) is 0 Å². The van der Waals surface area contributed by atoms with Gasteiger partial charge in [-0.25, -0.2) is 0 Å². The van der Waals surface area contributed by atoms with Crippen molar-refractivity contribution >= 4 is 0 Å². The second kappa shape index (κ2) is 6.22. The molecule has 1 aliphatic rings. The molecule has 1 fully saturated rings. The van der Waals surface area contributed by atoms with Gasteiger partial charge >= 0.3 is 0 Å². The lowest BCUT2D eigenvalue weighted by Crippen LogP contribution is -2.28. The molecule has 2 unspecified atom stereocenters. The molecule has 0 spiro atoms. The Balaban J connectivity index is 2.07. The summed E-state index contributed by atoms with van der Waals surface area (Å²) in [5.41, 5.74) is -0.174. The molecule has 0 aromatic heterocycles. The van der Waals surface area contributed by atoms with E-state index >= 15 is 0 Å². The van der Waals surface area contributed by atoms with Crippen LogP contribution in [-0.4, -0.2) is 25.8 Å². The van der Waals surface area contributed by atoms with E-state index in [1.165, 1.54) is 12.8 Å². The molecule has 3 heteroatoms. The summed E-state index contributed by atoms with van der Waals surface area (Å²) in [6.45, 7) is 5.03. The Morgan fingerprint density at radius 2 is 2.19 bits per heavy atom. The summed E-state index contributed by atoms with van der Waals surface area (Å²) in [6.07, 6.45) is 6.04. The molecule has 0 aliphatic heterocycles. The smallest absolute Gasteiger partial charge is 0.0683 e. The maximum atomic E-state index is 8.88. The number of rotatable bonds is 6. The molecule has 1 N–H and O–H groups in total. The molecular formula is C13H24N2O. The Morgan fingerprint density at radius 3 is 2.75 bits per heavy atom. The minimum absolute atomic E-state index is 0.174. The van der Waals surface area contributed by atoms with E-state index in [0.717, 1.165) is 25.8 Å². The van der Waals surface area contributed by atoms with Crippen molar-refractivity contribution in [2.45, 2.75) is 58.1 Å². The molecule has 0 saturated heterocycles. The summed E-state index contributed by atoms with van der Waals surface area (Å²) in [4.78, 5) is 0. The number of nitrogens with one attached hydrogen (secondary N) is 1. The molecule has 2 atom stereocenters. The highest BCUT2D eigenvalue weighted by Gasteiger charge is 2.23. The SMILES string of the molecule is COC1CCC(NCCCC(C)(C)C#N)C1. The minimum atomic E-state index is -0.174. The first-order chi connectivity index (χ1) is 7.57. The molecule has 92 valence electrons. The van der Waals surface area contributed by atoms with Crippen molar-refractivity contribution < 1.29 is 4.74 Å². The fourth-order valence-electron chi connectivity index (χ4n) is 2.23. The van der Waals surface area contributed by atoms with Crippen molar-refractivity contribution in [3.05, 3.63) is 0 Å². The van der Waals surface area contributed by atoms with Gasteiger partial charge in [0.1, 0.15) is 0 Å². The molecule has 1 aliphatic carbocycles. The summed E-state index contributed by atoms with van der Waals surface area (Å²) >= 11 is 0. The number of hydrogen-bond donors (Lipinski definition) is 1. The van der Waals surface area contributed by atoms with Crippen LogP contribution in [0.5, 0.6) is 0 Å². The monoisotopic (exact) mass is 224 g/mol. The second-order valence-electron chi connectivity index (χ2n) is 5.42. The normalized spacial score (nSPS) is 25.6. The van der Waals surface area contributed by atoms with E-state index in [4.69, 9.17) is 10.00 Å². The maximum Gasteiger partial charge on any atom is 0.0683 e. The van der Waals surface area contributed by atoms with Gasteiger partial charge in [0.25, 0.3) is 0 Å². The first-order valence-electron chi connectivity index (χ1n) is 6.25. The number of nitriles is 1. The number of methoxy groups -OCH3 is 1. The molecule has 0 amide bonds. The van der Waals surface area contributed by atoms with Gasteiger partial charge in [-0.2, -0.15) is 5.26 Å². The third-order valence-electron chi connectivity index (χ3n) is 3.43. The van der Waals surface area contributed by atoms with Crippen molar-refractivity contribution in [3.8, 4) is 6.07 Å². The average molecular weight is 224 g/mol. The molecule has 0 aromatic rings. The highest BCUT2D eigenvalue weighted by molar-refractivity contribution is 4.91. The maximum absolute atomic E-state index is 8.88. The van der Waals surface area contributed by atoms with E-state index in [2.05, 4.69) is 11.4 Å². The van der Waals surface area contributed by atoms with Gasteiger partial charge in [-0.1, -0.05) is 0 Å². The van der Waals surface area contributed by atoms with E-state index in [0.29, 0.717) is 12.1 Å². The van der Waals surface area contributed by atoms with Crippen LogP contribution in [0.25, 0.3) is 0 Å². The number of ether oxygens (including phenoxy) is 1. The zero-order valence-electron chi connectivity index (χ0n) is 10.8. The first-order valence-corrected chi connectivity index (χ1v) is 6.25. The summed E-state index contributed by atoms with van der Waals surface area (Å²) in [7, 11) is 1.79. The molecule has 0 radical (unpaired) electrons. The lowest BCUT2D eigenvalue weighted by molar-refractivity contribution is 0.107. The quantitative estimate of drug-likeness (QED) is 0.705. The van der Waals surface area contributed by atoms with Gasteiger partial charge in [0, 0.05) is 13.2 Å². The van der Waals surface area contributed by atoms with Crippen LogP contribution >= 0.6 is 0 Å². The Morgan fingerprint density at radius 1 is 1.44 bits per heavy atom. The van der Waals surface area contributed by atoms with Gasteiger partial charge in [-0.15, -0.1) is 0 Å². The van der Waals surface area contributed by atoms with Crippen molar-refractivity contribution in [1.82, 2.24) is 5.32 Å². The third kappa shape index (κ3) is 4.51. The van der Waals surface area contributed by atoms with Crippen molar-refractivity contribution in [2.24, 2.45) is 5.41 Å². The van der Waals surface area contributed by atoms with Crippen LogP contribution in [0.3, 0.4) is 0 Å². The molecule has 3 nitrogen and oxygen atoms in total. The van der Waals surface area contributed by atoms with E-state index in [9.17, 15) is 0 Å². The van der Waals surface area contributed by atoms with Crippen LogP contribution in [0.4, 0.5) is 0 Å². The molecular weight excluding hydrogens is 200 g/mol. The zero-order valence-corrected chi connectivity index (χ0v) is 10.8. The summed E-state index contributed by atoms with van der Waals surface area (Å²) in [6, 6.07) is 2.96. The van der Waals surface area contributed by atoms with E-state index in [-0.39, 0.29) is 5.41 Å². The lowest BCUT2D eigenvalue weighted by atomic mass is 9.90. The Labute approximate surface area is 99.2 Å². The summed E-state index contributed by atoms with van der Waals surface area (Å²) < 4.78 is 5.34. The van der Waals surface area contributed by atoms with Gasteiger partial charge in [0.15, 0.2) is 0 Å². The topological polar surface area (TPSA) is 45.0 Å². The van der Waals surface area contributed by atoms with Crippen molar-refractivity contribution in [2.75, 3.05) is 13.7 Å². The van der Waals surface area contributed by atoms with Crippen LogP contribution < -0.4 is 5.32 Å². The predicted octanol–water partition coefficient (Wildman–Crippen LogP) is 2.47. The third-order valence-corrected chi connectivity index (χ3v) is 3.43. The zero-order chi connectivity index (χ0) is 12.0. The predicted molar refractivity (Wildman–Crippen MR) is 65.1 cm³/mol. The van der Waals surface area contributed by atoms with E-state index in [1.54, 1.807) is 7.11 Å². The van der Waals surface area contributed by atoms with Gasteiger partial charge in [-0.05, 0) is 52.5 Å².